The zero-order valence-corrected chi connectivity index (χ0v) is 23.9. The Labute approximate surface area is 229 Å². The van der Waals surface area contributed by atoms with Crippen molar-refractivity contribution in [3.8, 4) is 5.75 Å². The number of imidazole rings is 1. The van der Waals surface area contributed by atoms with Gasteiger partial charge in [0.2, 0.25) is 0 Å². The van der Waals surface area contributed by atoms with Crippen molar-refractivity contribution < 1.29 is 28.5 Å². The van der Waals surface area contributed by atoms with Gasteiger partial charge in [-0.3, -0.25) is 4.98 Å². The van der Waals surface area contributed by atoms with E-state index in [-0.39, 0.29) is 18.3 Å². The Kier molecular flexibility index (Phi) is 7.72. The van der Waals surface area contributed by atoms with Gasteiger partial charge in [-0.1, -0.05) is 0 Å². The summed E-state index contributed by atoms with van der Waals surface area (Å²) in [6.45, 7) is 14.8. The molecule has 212 valence electrons. The van der Waals surface area contributed by atoms with Gasteiger partial charge in [-0.05, 0) is 53.7 Å². The highest BCUT2D eigenvalue weighted by Crippen LogP contribution is 2.31. The monoisotopic (exact) mass is 540 g/mol. The van der Waals surface area contributed by atoms with Gasteiger partial charge in [0.05, 0.1) is 30.4 Å². The molecule has 0 N–H and O–H groups in total. The maximum Gasteiger partial charge on any atom is 0.410 e. The quantitative estimate of drug-likeness (QED) is 0.411. The van der Waals surface area contributed by atoms with E-state index >= 15 is 0 Å². The van der Waals surface area contributed by atoms with Gasteiger partial charge in [0.25, 0.3) is 0 Å². The third kappa shape index (κ3) is 6.45. The molecule has 10 heteroatoms. The first-order chi connectivity index (χ1) is 18.5. The summed E-state index contributed by atoms with van der Waals surface area (Å²) in [7, 11) is 0. The zero-order chi connectivity index (χ0) is 27.8. The third-order valence-corrected chi connectivity index (χ3v) is 6.91. The molecule has 2 aliphatic heterocycles. The van der Waals surface area contributed by atoms with Crippen LogP contribution in [0.1, 0.15) is 60.2 Å². The number of amides is 1. The molecular formula is C29H40N4O6. The summed E-state index contributed by atoms with van der Waals surface area (Å²) in [5, 5.41) is 0.994. The number of piperidine rings is 1. The van der Waals surface area contributed by atoms with Crippen LogP contribution in [0.2, 0.25) is 0 Å². The topological polar surface area (TPSA) is 97.2 Å². The molecule has 0 bridgehead atoms. The summed E-state index contributed by atoms with van der Waals surface area (Å²) < 4.78 is 31.7. The Hall–Kier alpha value is -2.95. The predicted octanol–water partition coefficient (Wildman–Crippen LogP) is 5.05. The molecule has 0 radical (unpaired) electrons. The highest BCUT2D eigenvalue weighted by Gasteiger charge is 2.34. The zero-order valence-electron chi connectivity index (χ0n) is 23.9. The number of carbonyl (C=O) groups excluding carboxylic acids is 1. The number of pyridine rings is 1. The first-order valence-electron chi connectivity index (χ1n) is 13.8. The highest BCUT2D eigenvalue weighted by atomic mass is 16.7. The molecule has 1 atom stereocenters. The lowest BCUT2D eigenvalue weighted by molar-refractivity contribution is -0.139. The average Bonchev–Trinajstić information content (AvgIpc) is 3.40. The van der Waals surface area contributed by atoms with Gasteiger partial charge in [-0.2, -0.15) is 0 Å². The van der Waals surface area contributed by atoms with Crippen LogP contribution in [0.3, 0.4) is 0 Å². The normalized spacial score (nSPS) is 20.2. The van der Waals surface area contributed by atoms with E-state index in [1.807, 2.05) is 59.9 Å². The molecule has 1 aromatic carbocycles. The number of carbonyl (C=O) groups is 1. The smallest absolute Gasteiger partial charge is 0.410 e. The molecule has 2 aliphatic rings. The summed E-state index contributed by atoms with van der Waals surface area (Å²) in [5.74, 6) is 1.01. The van der Waals surface area contributed by atoms with Gasteiger partial charge in [0.15, 0.2) is 5.79 Å². The van der Waals surface area contributed by atoms with Gasteiger partial charge >= 0.3 is 6.09 Å². The minimum atomic E-state index is -0.597. The van der Waals surface area contributed by atoms with Crippen molar-refractivity contribution in [3.05, 3.63) is 30.2 Å². The van der Waals surface area contributed by atoms with E-state index in [1.54, 1.807) is 4.90 Å². The molecule has 3 aromatic rings. The number of benzene rings is 1. The Morgan fingerprint density at radius 3 is 2.62 bits per heavy atom. The van der Waals surface area contributed by atoms with E-state index < -0.39 is 11.4 Å². The van der Waals surface area contributed by atoms with Crippen LogP contribution >= 0.6 is 0 Å². The minimum Gasteiger partial charge on any atom is -0.490 e. The lowest BCUT2D eigenvalue weighted by atomic mass is 10.1. The molecule has 0 saturated carbocycles. The van der Waals surface area contributed by atoms with Crippen molar-refractivity contribution in [2.45, 2.75) is 91.1 Å². The molecule has 4 heterocycles. The van der Waals surface area contributed by atoms with Crippen molar-refractivity contribution in [2.24, 2.45) is 0 Å². The number of likely N-dealkylation sites (tertiary alicyclic amines) is 1. The molecule has 39 heavy (non-hydrogen) atoms. The van der Waals surface area contributed by atoms with Crippen LogP contribution in [-0.4, -0.2) is 75.4 Å². The van der Waals surface area contributed by atoms with E-state index in [1.165, 1.54) is 0 Å². The molecule has 10 nitrogen and oxygen atoms in total. The van der Waals surface area contributed by atoms with Crippen molar-refractivity contribution in [2.75, 3.05) is 26.3 Å². The van der Waals surface area contributed by atoms with E-state index in [2.05, 4.69) is 10.6 Å². The van der Waals surface area contributed by atoms with Gasteiger partial charge in [0, 0.05) is 44.0 Å². The summed E-state index contributed by atoms with van der Waals surface area (Å²) in [6.07, 6.45) is 2.97. The number of rotatable bonds is 7. The fraction of sp³-hybridized carbons (Fsp3) is 0.621. The largest absolute Gasteiger partial charge is 0.490 e. The summed E-state index contributed by atoms with van der Waals surface area (Å²) in [4.78, 5) is 23.7. The van der Waals surface area contributed by atoms with Gasteiger partial charge in [-0.15, -0.1) is 0 Å². The first kappa shape index (κ1) is 27.6. The number of hydrogen-bond donors (Lipinski definition) is 0. The predicted molar refractivity (Wildman–Crippen MR) is 147 cm³/mol. The van der Waals surface area contributed by atoms with Crippen LogP contribution in [0, 0.1) is 0 Å². The molecule has 2 saturated heterocycles. The third-order valence-electron chi connectivity index (χ3n) is 6.91. The Bertz CT molecular complexity index is 1320. The van der Waals surface area contributed by atoms with Crippen LogP contribution in [0.15, 0.2) is 24.4 Å². The number of nitrogens with zero attached hydrogens (tertiary/aromatic N) is 4. The molecule has 0 spiro atoms. The number of ether oxygens (including phenoxy) is 5. The van der Waals surface area contributed by atoms with E-state index in [9.17, 15) is 4.79 Å². The standard InChI is InChI=1S/C29H40N4O6/c1-7-35-18-25-31-24-15-30-23-14-20(37-19-10-12-32(13-11-19)27(34)39-28(2,3)4)8-9-22(23)26(24)33(25)16-21-17-36-29(5,6)38-21/h8-9,14-15,19,21H,7,10-13,16-18H2,1-6H3. The molecule has 1 unspecified atom stereocenters. The molecule has 5 rings (SSSR count). The fourth-order valence-electron chi connectivity index (χ4n) is 5.15. The maximum atomic E-state index is 12.4. The lowest BCUT2D eigenvalue weighted by Crippen LogP contribution is -2.44. The van der Waals surface area contributed by atoms with Crippen molar-refractivity contribution in [1.82, 2.24) is 19.4 Å². The van der Waals surface area contributed by atoms with Crippen molar-refractivity contribution >= 4 is 28.0 Å². The minimum absolute atomic E-state index is 0.0241. The number of fused-ring (bicyclic) bond motifs is 3. The Morgan fingerprint density at radius 2 is 1.95 bits per heavy atom. The van der Waals surface area contributed by atoms with Crippen LogP contribution in [0.4, 0.5) is 4.79 Å². The summed E-state index contributed by atoms with van der Waals surface area (Å²) >= 11 is 0. The lowest BCUT2D eigenvalue weighted by Gasteiger charge is -2.33. The number of aromatic nitrogens is 3. The summed E-state index contributed by atoms with van der Waals surface area (Å²) in [5.41, 5.74) is 2.15. The van der Waals surface area contributed by atoms with E-state index in [0.29, 0.717) is 39.5 Å². The molecule has 0 aliphatic carbocycles. The molecule has 2 aromatic heterocycles. The molecular weight excluding hydrogens is 500 g/mol. The Morgan fingerprint density at radius 1 is 1.18 bits per heavy atom. The van der Waals surface area contributed by atoms with Gasteiger partial charge < -0.3 is 33.2 Å². The van der Waals surface area contributed by atoms with Crippen LogP contribution in [0.5, 0.6) is 5.75 Å². The van der Waals surface area contributed by atoms with Gasteiger partial charge in [-0.25, -0.2) is 9.78 Å². The van der Waals surface area contributed by atoms with E-state index in [4.69, 9.17) is 33.7 Å². The second-order valence-electron chi connectivity index (χ2n) is 11.7. The van der Waals surface area contributed by atoms with Gasteiger partial charge in [0.1, 0.15) is 41.5 Å². The van der Waals surface area contributed by atoms with Crippen LogP contribution in [-0.2, 0) is 32.1 Å². The second kappa shape index (κ2) is 10.9. The maximum absolute atomic E-state index is 12.4. The van der Waals surface area contributed by atoms with Crippen LogP contribution in [0.25, 0.3) is 21.9 Å². The van der Waals surface area contributed by atoms with Crippen LogP contribution < -0.4 is 4.74 Å². The number of hydrogen-bond acceptors (Lipinski definition) is 8. The second-order valence-corrected chi connectivity index (χ2v) is 11.7. The van der Waals surface area contributed by atoms with E-state index in [0.717, 1.165) is 46.4 Å². The van der Waals surface area contributed by atoms with Crippen molar-refractivity contribution in [3.63, 3.8) is 0 Å². The average molecular weight is 541 g/mol. The first-order valence-corrected chi connectivity index (χ1v) is 13.8. The summed E-state index contributed by atoms with van der Waals surface area (Å²) in [6, 6.07) is 6.02. The van der Waals surface area contributed by atoms with Crippen molar-refractivity contribution in [1.29, 1.82) is 0 Å². The molecule has 2 fully saturated rings. The molecule has 1 amide bonds. The SMILES string of the molecule is CCOCc1nc2cnc3cc(OC4CCN(C(=O)OC(C)(C)C)CC4)ccc3c2n1CC1COC(C)(C)O1. The highest BCUT2D eigenvalue weighted by molar-refractivity contribution is 6.02. The fourth-order valence-corrected chi connectivity index (χ4v) is 5.15. The Balaban J connectivity index is 1.34.